The Morgan fingerprint density at radius 3 is 1.16 bits per heavy atom. The number of thiophene rings is 3. The van der Waals surface area contributed by atoms with Gasteiger partial charge in [-0.2, -0.15) is 0 Å². The highest BCUT2D eigenvalue weighted by Gasteiger charge is 2.12. The molecule has 0 unspecified atom stereocenters. The lowest BCUT2D eigenvalue weighted by atomic mass is 10.00. The van der Waals surface area contributed by atoms with Gasteiger partial charge in [0.15, 0.2) is 0 Å². The van der Waals surface area contributed by atoms with E-state index < -0.39 is 0 Å². The topological polar surface area (TPSA) is 0 Å². The van der Waals surface area contributed by atoms with Crippen molar-refractivity contribution >= 4 is 55.6 Å². The second-order valence-electron chi connectivity index (χ2n) is 13.6. The van der Waals surface area contributed by atoms with E-state index in [9.17, 15) is 0 Å². The van der Waals surface area contributed by atoms with Gasteiger partial charge in [0.25, 0.3) is 0 Å². The highest BCUT2D eigenvalue weighted by molar-refractivity contribution is 7.27. The van der Waals surface area contributed by atoms with E-state index in [1.54, 1.807) is 0 Å². The van der Waals surface area contributed by atoms with Gasteiger partial charge in [0.05, 0.1) is 0 Å². The Balaban J connectivity index is 1.03. The lowest BCUT2D eigenvalue weighted by Gasteiger charge is -2.06. The van der Waals surface area contributed by atoms with Gasteiger partial charge in [0.1, 0.15) is 0 Å². The summed E-state index contributed by atoms with van der Waals surface area (Å²) in [6, 6.07) is 41.8. The summed E-state index contributed by atoms with van der Waals surface area (Å²) in [5, 5.41) is 5.37. The van der Waals surface area contributed by atoms with Gasteiger partial charge in [-0.05, 0) is 118 Å². The molecule has 0 aliphatic carbocycles. The molecule has 0 aliphatic heterocycles. The fraction of sp³-hybridized carbons (Fsp3) is 0.304. The van der Waals surface area contributed by atoms with E-state index in [4.69, 9.17) is 0 Å². The van der Waals surface area contributed by atoms with E-state index in [2.05, 4.69) is 123 Å². The van der Waals surface area contributed by atoms with Crippen LogP contribution in [0.1, 0.15) is 89.2 Å². The van der Waals surface area contributed by atoms with Crippen LogP contribution < -0.4 is 0 Å². The molecule has 0 N–H and O–H groups in total. The molecule has 0 fully saturated rings. The predicted octanol–water partition coefficient (Wildman–Crippen LogP) is 15.9. The van der Waals surface area contributed by atoms with Crippen LogP contribution >= 0.6 is 34.0 Å². The van der Waals surface area contributed by atoms with Crippen molar-refractivity contribution in [3.05, 3.63) is 120 Å². The number of fused-ring (bicyclic) bond motifs is 2. The Labute approximate surface area is 305 Å². The molecule has 0 radical (unpaired) electrons. The van der Waals surface area contributed by atoms with Crippen LogP contribution in [0.2, 0.25) is 0 Å². The van der Waals surface area contributed by atoms with Crippen molar-refractivity contribution < 1.29 is 0 Å². The first-order valence-corrected chi connectivity index (χ1v) is 21.0. The number of rotatable bonds is 16. The normalized spacial score (nSPS) is 11.6. The molecule has 250 valence electrons. The Morgan fingerprint density at radius 2 is 0.694 bits per heavy atom. The third kappa shape index (κ3) is 8.46. The van der Waals surface area contributed by atoms with Crippen LogP contribution in [0.3, 0.4) is 0 Å². The van der Waals surface area contributed by atoms with Crippen molar-refractivity contribution in [3.8, 4) is 40.4 Å². The lowest BCUT2D eigenvalue weighted by molar-refractivity contribution is 0.607. The van der Waals surface area contributed by atoms with Crippen molar-refractivity contribution in [2.24, 2.45) is 0 Å². The summed E-state index contributed by atoms with van der Waals surface area (Å²) in [7, 11) is 0. The first kappa shape index (κ1) is 34.0. The summed E-state index contributed by atoms with van der Waals surface area (Å²) in [5.41, 5.74) is 5.57. The van der Waals surface area contributed by atoms with Crippen LogP contribution in [0.5, 0.6) is 0 Å². The minimum Gasteiger partial charge on any atom is -0.134 e. The zero-order chi connectivity index (χ0) is 33.4. The molecular formula is C46H48S3. The zero-order valence-electron chi connectivity index (χ0n) is 29.1. The van der Waals surface area contributed by atoms with Gasteiger partial charge in [0, 0.05) is 29.3 Å². The summed E-state index contributed by atoms with van der Waals surface area (Å²) < 4.78 is 0. The van der Waals surface area contributed by atoms with E-state index in [1.807, 2.05) is 34.0 Å². The summed E-state index contributed by atoms with van der Waals surface area (Å²) in [4.78, 5) is 8.07. The molecule has 3 heterocycles. The molecule has 7 aromatic rings. The second-order valence-corrected chi connectivity index (χ2v) is 16.9. The predicted molar refractivity (Wildman–Crippen MR) is 222 cm³/mol. The fourth-order valence-electron chi connectivity index (χ4n) is 6.93. The van der Waals surface area contributed by atoms with Crippen molar-refractivity contribution in [2.75, 3.05) is 0 Å². The smallest absolute Gasteiger partial charge is 0.0449 e. The van der Waals surface area contributed by atoms with Gasteiger partial charge in [-0.1, -0.05) is 126 Å². The van der Waals surface area contributed by atoms with Gasteiger partial charge in [-0.15, -0.1) is 34.0 Å². The summed E-state index contributed by atoms with van der Waals surface area (Å²) in [5.74, 6) is 0. The minimum absolute atomic E-state index is 1.18. The average molecular weight is 697 g/mol. The molecule has 4 aromatic carbocycles. The second kappa shape index (κ2) is 16.5. The minimum atomic E-state index is 1.18. The van der Waals surface area contributed by atoms with E-state index >= 15 is 0 Å². The van der Waals surface area contributed by atoms with Crippen LogP contribution in [0.25, 0.3) is 61.9 Å². The Hall–Kier alpha value is -3.50. The van der Waals surface area contributed by atoms with Gasteiger partial charge in [-0.3, -0.25) is 0 Å². The van der Waals surface area contributed by atoms with Crippen molar-refractivity contribution in [1.82, 2.24) is 0 Å². The largest absolute Gasteiger partial charge is 0.134 e. The molecular weight excluding hydrogens is 649 g/mol. The third-order valence-electron chi connectivity index (χ3n) is 9.82. The molecule has 49 heavy (non-hydrogen) atoms. The number of benzene rings is 4. The van der Waals surface area contributed by atoms with Crippen LogP contribution in [-0.4, -0.2) is 0 Å². The molecule has 0 bridgehead atoms. The first-order chi connectivity index (χ1) is 24.2. The number of hydrogen-bond donors (Lipinski definition) is 0. The Bertz CT molecular complexity index is 2120. The summed E-state index contributed by atoms with van der Waals surface area (Å²) >= 11 is 5.73. The maximum atomic E-state index is 2.42. The van der Waals surface area contributed by atoms with E-state index in [0.717, 1.165) is 0 Å². The van der Waals surface area contributed by atoms with Gasteiger partial charge in [-0.25, -0.2) is 0 Å². The number of hydrogen-bond acceptors (Lipinski definition) is 3. The van der Waals surface area contributed by atoms with E-state index in [0.29, 0.717) is 0 Å². The molecule has 0 nitrogen and oxygen atoms in total. The fourth-order valence-corrected chi connectivity index (χ4v) is 10.1. The zero-order valence-corrected chi connectivity index (χ0v) is 31.6. The highest BCUT2D eigenvalue weighted by atomic mass is 32.1. The van der Waals surface area contributed by atoms with Crippen molar-refractivity contribution in [1.29, 1.82) is 0 Å². The van der Waals surface area contributed by atoms with E-state index in [1.165, 1.54) is 150 Å². The van der Waals surface area contributed by atoms with Gasteiger partial charge < -0.3 is 0 Å². The molecule has 0 atom stereocenters. The van der Waals surface area contributed by atoms with Crippen molar-refractivity contribution in [2.45, 2.75) is 90.9 Å². The molecule has 7 rings (SSSR count). The van der Waals surface area contributed by atoms with Crippen LogP contribution in [0, 0.1) is 0 Å². The SMILES string of the molecule is CCCCCCCCc1ccc2ccc(-c3ccc(-c4ccc(-c5ccc(-c6ccc7ccc(CCCCCC)cc7c6)s5)s4)s3)cc2c1. The third-order valence-corrected chi connectivity index (χ3v) is 13.6. The van der Waals surface area contributed by atoms with Gasteiger partial charge >= 0.3 is 0 Å². The monoisotopic (exact) mass is 696 g/mol. The van der Waals surface area contributed by atoms with Crippen LogP contribution in [-0.2, 0) is 12.8 Å². The Morgan fingerprint density at radius 1 is 0.327 bits per heavy atom. The maximum absolute atomic E-state index is 2.42. The molecule has 0 aliphatic rings. The first-order valence-electron chi connectivity index (χ1n) is 18.5. The highest BCUT2D eigenvalue weighted by Crippen LogP contribution is 2.43. The molecule has 0 spiro atoms. The molecule has 0 saturated heterocycles. The number of unbranched alkanes of at least 4 members (excludes halogenated alkanes) is 8. The molecule has 0 saturated carbocycles. The lowest BCUT2D eigenvalue weighted by Crippen LogP contribution is -1.87. The maximum Gasteiger partial charge on any atom is 0.0449 e. The van der Waals surface area contributed by atoms with Gasteiger partial charge in [0.2, 0.25) is 0 Å². The molecule has 3 aromatic heterocycles. The number of aryl methyl sites for hydroxylation is 2. The summed E-state index contributed by atoms with van der Waals surface area (Å²) in [6.45, 7) is 4.57. The standard InChI is InChI=1S/C46H48S3/c1-3-5-7-9-10-12-14-34-16-18-36-20-22-38(32-40(36)30-34)42-24-26-44(48-42)46-28-27-45(49-46)43-25-23-41(47-43)37-21-19-35-17-15-33(29-39(35)31-37)13-11-8-6-4-2/h15-32H,3-14H2,1-2H3. The Kier molecular flexibility index (Phi) is 11.4. The average Bonchev–Trinajstić information content (AvgIpc) is 3.93. The summed E-state index contributed by atoms with van der Waals surface area (Å²) in [6.07, 6.45) is 15.7. The van der Waals surface area contributed by atoms with Crippen LogP contribution in [0.15, 0.2) is 109 Å². The van der Waals surface area contributed by atoms with Crippen molar-refractivity contribution in [3.63, 3.8) is 0 Å². The molecule has 0 amide bonds. The van der Waals surface area contributed by atoms with E-state index in [-0.39, 0.29) is 0 Å². The molecule has 3 heteroatoms. The van der Waals surface area contributed by atoms with Crippen LogP contribution in [0.4, 0.5) is 0 Å². The quantitative estimate of drug-likeness (QED) is 0.0882.